The van der Waals surface area contributed by atoms with Gasteiger partial charge in [-0.1, -0.05) is 25.0 Å². The van der Waals surface area contributed by atoms with Gasteiger partial charge in [-0.05, 0) is 55.1 Å². The Morgan fingerprint density at radius 2 is 1.77 bits per heavy atom. The van der Waals surface area contributed by atoms with E-state index in [1.807, 2.05) is 29.0 Å². The van der Waals surface area contributed by atoms with E-state index in [0.717, 1.165) is 12.2 Å². The molecule has 1 N–H and O–H groups in total. The number of carbonyl (C=O) groups excluding carboxylic acids is 1. The van der Waals surface area contributed by atoms with Crippen LogP contribution in [0.4, 0.5) is 5.69 Å². The van der Waals surface area contributed by atoms with Gasteiger partial charge in [-0.15, -0.1) is 0 Å². The van der Waals surface area contributed by atoms with Gasteiger partial charge in [0.05, 0.1) is 5.69 Å². The Morgan fingerprint density at radius 1 is 1.05 bits per heavy atom. The van der Waals surface area contributed by atoms with Gasteiger partial charge in [-0.3, -0.25) is 9.69 Å². The molecule has 0 atom stereocenters. The average molecular weight is 314 g/mol. The lowest BCUT2D eigenvalue weighted by atomic mass is 10.1. The molecule has 2 heterocycles. The summed E-state index contributed by atoms with van der Waals surface area (Å²) < 4.78 is 0. The predicted octanol–water partition coefficient (Wildman–Crippen LogP) is 4.38. The molecule has 3 rings (SSSR count). The minimum atomic E-state index is -0.0419. The Morgan fingerprint density at radius 3 is 2.41 bits per heavy atom. The lowest BCUT2D eigenvalue weighted by Crippen LogP contribution is -2.24. The summed E-state index contributed by atoms with van der Waals surface area (Å²) in [6.45, 7) is 3.38. The molecular formula is C18H22N2OS. The third-order valence-electron chi connectivity index (χ3n) is 4.10. The van der Waals surface area contributed by atoms with Crippen molar-refractivity contribution in [1.29, 1.82) is 0 Å². The third kappa shape index (κ3) is 4.18. The zero-order valence-electron chi connectivity index (χ0n) is 12.8. The van der Waals surface area contributed by atoms with E-state index in [1.54, 1.807) is 11.3 Å². The van der Waals surface area contributed by atoms with E-state index in [4.69, 9.17) is 0 Å². The lowest BCUT2D eigenvalue weighted by molar-refractivity contribution is 0.102. The fourth-order valence-electron chi connectivity index (χ4n) is 2.85. The SMILES string of the molecule is O=C(Nc1ccsc1)c1ccc(CN2CCCCCC2)cc1. The first-order valence-corrected chi connectivity index (χ1v) is 8.90. The predicted molar refractivity (Wildman–Crippen MR) is 92.5 cm³/mol. The summed E-state index contributed by atoms with van der Waals surface area (Å²) >= 11 is 1.58. The number of benzene rings is 1. The Balaban J connectivity index is 1.58. The van der Waals surface area contributed by atoms with Crippen molar-refractivity contribution in [3.8, 4) is 0 Å². The van der Waals surface area contributed by atoms with Crippen LogP contribution >= 0.6 is 11.3 Å². The highest BCUT2D eigenvalue weighted by molar-refractivity contribution is 7.08. The number of amides is 1. The quantitative estimate of drug-likeness (QED) is 0.908. The van der Waals surface area contributed by atoms with Gasteiger partial charge in [0.2, 0.25) is 0 Å². The summed E-state index contributed by atoms with van der Waals surface area (Å²) in [5.74, 6) is -0.0419. The minimum absolute atomic E-state index is 0.0419. The van der Waals surface area contributed by atoms with Crippen LogP contribution in [0.25, 0.3) is 0 Å². The second-order valence-electron chi connectivity index (χ2n) is 5.85. The molecule has 0 aliphatic carbocycles. The monoisotopic (exact) mass is 314 g/mol. The zero-order valence-corrected chi connectivity index (χ0v) is 13.6. The van der Waals surface area contributed by atoms with Gasteiger partial charge in [0.1, 0.15) is 0 Å². The molecule has 1 aromatic heterocycles. The second-order valence-corrected chi connectivity index (χ2v) is 6.63. The summed E-state index contributed by atoms with van der Waals surface area (Å²) in [7, 11) is 0. The van der Waals surface area contributed by atoms with Crippen molar-refractivity contribution in [3.63, 3.8) is 0 Å². The van der Waals surface area contributed by atoms with Crippen LogP contribution in [0.1, 0.15) is 41.6 Å². The van der Waals surface area contributed by atoms with Gasteiger partial charge in [0, 0.05) is 17.5 Å². The standard InChI is InChI=1S/C18H22N2OS/c21-18(19-17-9-12-22-14-17)16-7-5-15(6-8-16)13-20-10-3-1-2-4-11-20/h5-9,12,14H,1-4,10-11,13H2,(H,19,21). The van der Waals surface area contributed by atoms with E-state index in [1.165, 1.54) is 44.3 Å². The van der Waals surface area contributed by atoms with Crippen LogP contribution in [0, 0.1) is 0 Å². The summed E-state index contributed by atoms with van der Waals surface area (Å²) in [5, 5.41) is 6.80. The topological polar surface area (TPSA) is 32.3 Å². The van der Waals surface area contributed by atoms with E-state index in [-0.39, 0.29) is 5.91 Å². The van der Waals surface area contributed by atoms with Crippen molar-refractivity contribution in [2.75, 3.05) is 18.4 Å². The maximum Gasteiger partial charge on any atom is 0.255 e. The number of nitrogens with zero attached hydrogens (tertiary/aromatic N) is 1. The molecule has 1 amide bonds. The molecule has 1 fully saturated rings. The number of nitrogens with one attached hydrogen (secondary N) is 1. The summed E-state index contributed by atoms with van der Waals surface area (Å²) in [4.78, 5) is 14.7. The van der Waals surface area contributed by atoms with Crippen LogP contribution in [0.15, 0.2) is 41.1 Å². The first-order valence-electron chi connectivity index (χ1n) is 7.96. The Bertz CT molecular complexity index is 584. The van der Waals surface area contributed by atoms with E-state index in [2.05, 4.69) is 22.3 Å². The van der Waals surface area contributed by atoms with Gasteiger partial charge in [0.15, 0.2) is 0 Å². The highest BCUT2D eigenvalue weighted by atomic mass is 32.1. The fraction of sp³-hybridized carbons (Fsp3) is 0.389. The van der Waals surface area contributed by atoms with E-state index in [9.17, 15) is 4.79 Å². The highest BCUT2D eigenvalue weighted by Gasteiger charge is 2.10. The zero-order chi connectivity index (χ0) is 15.2. The number of likely N-dealkylation sites (tertiary alicyclic amines) is 1. The summed E-state index contributed by atoms with van der Waals surface area (Å²) in [6, 6.07) is 9.92. The molecule has 0 saturated carbocycles. The van der Waals surface area contributed by atoms with Crippen molar-refractivity contribution in [2.24, 2.45) is 0 Å². The number of rotatable bonds is 4. The molecule has 1 aliphatic heterocycles. The molecule has 4 heteroatoms. The summed E-state index contributed by atoms with van der Waals surface area (Å²) in [5.41, 5.74) is 2.86. The van der Waals surface area contributed by atoms with Crippen molar-refractivity contribution < 1.29 is 4.79 Å². The molecule has 22 heavy (non-hydrogen) atoms. The Hall–Kier alpha value is -1.65. The van der Waals surface area contributed by atoms with Crippen LogP contribution in [-0.2, 0) is 6.54 Å². The molecule has 0 spiro atoms. The molecule has 0 radical (unpaired) electrons. The number of hydrogen-bond acceptors (Lipinski definition) is 3. The van der Waals surface area contributed by atoms with Crippen LogP contribution in [0.3, 0.4) is 0 Å². The molecule has 0 bridgehead atoms. The molecule has 0 unspecified atom stereocenters. The van der Waals surface area contributed by atoms with Crippen LogP contribution in [-0.4, -0.2) is 23.9 Å². The molecular weight excluding hydrogens is 292 g/mol. The highest BCUT2D eigenvalue weighted by Crippen LogP contribution is 2.16. The van der Waals surface area contributed by atoms with Crippen LogP contribution < -0.4 is 5.32 Å². The molecule has 1 aromatic carbocycles. The maximum absolute atomic E-state index is 12.1. The van der Waals surface area contributed by atoms with Gasteiger partial charge in [0.25, 0.3) is 5.91 Å². The van der Waals surface area contributed by atoms with Crippen LogP contribution in [0.2, 0.25) is 0 Å². The van der Waals surface area contributed by atoms with Crippen molar-refractivity contribution in [3.05, 3.63) is 52.2 Å². The maximum atomic E-state index is 12.1. The number of carbonyl (C=O) groups is 1. The smallest absolute Gasteiger partial charge is 0.255 e. The minimum Gasteiger partial charge on any atom is -0.321 e. The van der Waals surface area contributed by atoms with Gasteiger partial charge in [-0.25, -0.2) is 0 Å². The summed E-state index contributed by atoms with van der Waals surface area (Å²) in [6.07, 6.45) is 5.33. The third-order valence-corrected chi connectivity index (χ3v) is 4.78. The molecule has 116 valence electrons. The van der Waals surface area contributed by atoms with Crippen molar-refractivity contribution >= 4 is 22.9 Å². The van der Waals surface area contributed by atoms with Gasteiger partial charge in [-0.2, -0.15) is 11.3 Å². The van der Waals surface area contributed by atoms with Crippen LogP contribution in [0.5, 0.6) is 0 Å². The number of anilines is 1. The number of hydrogen-bond donors (Lipinski definition) is 1. The van der Waals surface area contributed by atoms with Crippen molar-refractivity contribution in [2.45, 2.75) is 32.2 Å². The number of thiophene rings is 1. The molecule has 1 saturated heterocycles. The van der Waals surface area contributed by atoms with E-state index in [0.29, 0.717) is 5.56 Å². The largest absolute Gasteiger partial charge is 0.321 e. The fourth-order valence-corrected chi connectivity index (χ4v) is 3.44. The van der Waals surface area contributed by atoms with E-state index >= 15 is 0 Å². The Kier molecular flexibility index (Phi) is 5.24. The lowest BCUT2D eigenvalue weighted by Gasteiger charge is -2.19. The van der Waals surface area contributed by atoms with Gasteiger partial charge < -0.3 is 5.32 Å². The van der Waals surface area contributed by atoms with Gasteiger partial charge >= 0.3 is 0 Å². The molecule has 3 nitrogen and oxygen atoms in total. The first kappa shape index (κ1) is 15.3. The van der Waals surface area contributed by atoms with Crippen molar-refractivity contribution in [1.82, 2.24) is 4.90 Å². The first-order chi connectivity index (χ1) is 10.8. The van der Waals surface area contributed by atoms with E-state index < -0.39 is 0 Å². The normalized spacial score (nSPS) is 16.2. The molecule has 2 aromatic rings. The second kappa shape index (κ2) is 7.56. The Labute approximate surface area is 136 Å². The average Bonchev–Trinajstić information content (AvgIpc) is 2.91. The molecule has 1 aliphatic rings.